The lowest BCUT2D eigenvalue weighted by atomic mass is 10.1. The molecule has 8 nitrogen and oxygen atoms in total. The van der Waals surface area contributed by atoms with Crippen LogP contribution in [0.5, 0.6) is 5.75 Å². The number of benzene rings is 2. The Hall–Kier alpha value is -3.59. The minimum absolute atomic E-state index is 0.314. The van der Waals surface area contributed by atoms with Gasteiger partial charge >= 0.3 is 0 Å². The Labute approximate surface area is 177 Å². The van der Waals surface area contributed by atoms with Crippen molar-refractivity contribution >= 4 is 22.6 Å². The molecule has 0 spiro atoms. The highest BCUT2D eigenvalue weighted by Crippen LogP contribution is 2.26. The van der Waals surface area contributed by atoms with E-state index in [1.54, 1.807) is 28.9 Å². The van der Waals surface area contributed by atoms with E-state index in [4.69, 9.17) is 4.74 Å². The number of ether oxygens (including phenoxy) is 1. The van der Waals surface area contributed by atoms with Gasteiger partial charge in [0.15, 0.2) is 11.5 Å². The van der Waals surface area contributed by atoms with Gasteiger partial charge in [-0.05, 0) is 50.1 Å². The molecule has 0 saturated heterocycles. The van der Waals surface area contributed by atoms with Gasteiger partial charge in [-0.15, -0.1) is 5.10 Å². The van der Waals surface area contributed by atoms with E-state index in [9.17, 15) is 4.79 Å². The van der Waals surface area contributed by atoms with Crippen LogP contribution in [0.25, 0.3) is 17.2 Å². The third-order valence-electron chi connectivity index (χ3n) is 4.70. The van der Waals surface area contributed by atoms with Crippen LogP contribution in [0.1, 0.15) is 27.2 Å². The SMILES string of the molecule is COc1ccccc1C(=O)Nc1nc(-c2nnn(-c3cc(C)ccc3C)c2C)ns1. The Morgan fingerprint density at radius 2 is 1.93 bits per heavy atom. The maximum Gasteiger partial charge on any atom is 0.261 e. The number of nitrogens with zero attached hydrogens (tertiary/aromatic N) is 5. The number of aryl methyl sites for hydroxylation is 2. The topological polar surface area (TPSA) is 94.8 Å². The van der Waals surface area contributed by atoms with Crippen LogP contribution >= 0.6 is 11.5 Å². The molecular weight excluding hydrogens is 400 g/mol. The van der Waals surface area contributed by atoms with Gasteiger partial charge in [-0.2, -0.15) is 9.36 Å². The van der Waals surface area contributed by atoms with Crippen LogP contribution in [0, 0.1) is 20.8 Å². The molecular formula is C21H20N6O2S. The predicted molar refractivity (Wildman–Crippen MR) is 115 cm³/mol. The van der Waals surface area contributed by atoms with Crippen LogP contribution in [-0.4, -0.2) is 37.4 Å². The second-order valence-corrected chi connectivity index (χ2v) is 7.55. The van der Waals surface area contributed by atoms with Gasteiger partial charge in [-0.1, -0.05) is 29.5 Å². The molecule has 2 aromatic heterocycles. The third-order valence-corrected chi connectivity index (χ3v) is 5.33. The van der Waals surface area contributed by atoms with E-state index >= 15 is 0 Å². The summed E-state index contributed by atoms with van der Waals surface area (Å²) >= 11 is 1.09. The highest BCUT2D eigenvalue weighted by atomic mass is 32.1. The average molecular weight is 420 g/mol. The van der Waals surface area contributed by atoms with Crippen molar-refractivity contribution in [2.24, 2.45) is 0 Å². The van der Waals surface area contributed by atoms with Gasteiger partial charge in [-0.25, -0.2) is 4.68 Å². The fraction of sp³-hybridized carbons (Fsp3) is 0.190. The molecule has 9 heteroatoms. The molecule has 0 fully saturated rings. The maximum atomic E-state index is 12.6. The average Bonchev–Trinajstić information content (AvgIpc) is 3.36. The van der Waals surface area contributed by atoms with E-state index in [0.717, 1.165) is 34.0 Å². The summed E-state index contributed by atoms with van der Waals surface area (Å²) in [6, 6.07) is 13.2. The van der Waals surface area contributed by atoms with Crippen LogP contribution in [0.4, 0.5) is 5.13 Å². The number of para-hydroxylation sites is 1. The number of carbonyl (C=O) groups excluding carboxylic acids is 1. The number of rotatable bonds is 5. The van der Waals surface area contributed by atoms with Gasteiger partial charge in [0.1, 0.15) is 5.75 Å². The summed E-state index contributed by atoms with van der Waals surface area (Å²) < 4.78 is 11.4. The maximum absolute atomic E-state index is 12.6. The number of anilines is 1. The number of aromatic nitrogens is 5. The first-order valence-electron chi connectivity index (χ1n) is 9.26. The number of hydrogen-bond donors (Lipinski definition) is 1. The molecule has 2 aromatic carbocycles. The Morgan fingerprint density at radius 3 is 2.73 bits per heavy atom. The number of hydrogen-bond acceptors (Lipinski definition) is 7. The molecule has 0 radical (unpaired) electrons. The molecule has 1 N–H and O–H groups in total. The highest BCUT2D eigenvalue weighted by Gasteiger charge is 2.19. The van der Waals surface area contributed by atoms with Crippen molar-refractivity contribution in [3.63, 3.8) is 0 Å². The molecule has 0 aliphatic carbocycles. The fourth-order valence-corrected chi connectivity index (χ4v) is 3.65. The van der Waals surface area contributed by atoms with E-state index in [0.29, 0.717) is 28.0 Å². The highest BCUT2D eigenvalue weighted by molar-refractivity contribution is 7.10. The van der Waals surface area contributed by atoms with Crippen LogP contribution in [0.2, 0.25) is 0 Å². The van der Waals surface area contributed by atoms with Crippen LogP contribution in [0.3, 0.4) is 0 Å². The molecule has 0 aliphatic heterocycles. The summed E-state index contributed by atoms with van der Waals surface area (Å²) in [4.78, 5) is 17.0. The second-order valence-electron chi connectivity index (χ2n) is 6.80. The third kappa shape index (κ3) is 3.67. The monoisotopic (exact) mass is 420 g/mol. The van der Waals surface area contributed by atoms with Crippen molar-refractivity contribution in [3.05, 3.63) is 64.8 Å². The fourth-order valence-electron chi connectivity index (χ4n) is 3.08. The summed E-state index contributed by atoms with van der Waals surface area (Å²) in [6.07, 6.45) is 0. The van der Waals surface area contributed by atoms with Gasteiger partial charge in [0, 0.05) is 11.5 Å². The van der Waals surface area contributed by atoms with E-state index in [-0.39, 0.29) is 5.91 Å². The van der Waals surface area contributed by atoms with Crippen LogP contribution < -0.4 is 10.1 Å². The Morgan fingerprint density at radius 1 is 1.13 bits per heavy atom. The number of amides is 1. The Bertz CT molecular complexity index is 1230. The van der Waals surface area contributed by atoms with Crippen molar-refractivity contribution in [2.45, 2.75) is 20.8 Å². The van der Waals surface area contributed by atoms with E-state index in [1.165, 1.54) is 7.11 Å². The molecule has 30 heavy (non-hydrogen) atoms. The summed E-state index contributed by atoms with van der Waals surface area (Å²) in [7, 11) is 1.53. The molecule has 4 rings (SSSR count). The normalized spacial score (nSPS) is 10.8. The zero-order valence-corrected chi connectivity index (χ0v) is 17.8. The summed E-state index contributed by atoms with van der Waals surface area (Å²) in [6.45, 7) is 5.99. The molecule has 0 unspecified atom stereocenters. The van der Waals surface area contributed by atoms with Crippen molar-refractivity contribution in [1.29, 1.82) is 0 Å². The van der Waals surface area contributed by atoms with Gasteiger partial charge < -0.3 is 4.74 Å². The first kappa shape index (κ1) is 19.7. The van der Waals surface area contributed by atoms with Crippen molar-refractivity contribution < 1.29 is 9.53 Å². The zero-order chi connectivity index (χ0) is 21.3. The lowest BCUT2D eigenvalue weighted by Gasteiger charge is -2.08. The standard InChI is InChI=1S/C21H20N6O2S/c1-12-9-10-13(2)16(11-12)27-14(3)18(24-26-27)19-22-21(30-25-19)23-20(28)15-7-5-6-8-17(15)29-4/h5-11H,1-4H3,(H,22,23,25,28). The quantitative estimate of drug-likeness (QED) is 0.525. The molecule has 0 bridgehead atoms. The second kappa shape index (κ2) is 8.03. The molecule has 1 amide bonds. The summed E-state index contributed by atoms with van der Waals surface area (Å²) in [5.41, 5.74) is 5.02. The van der Waals surface area contributed by atoms with E-state index in [1.807, 2.05) is 20.8 Å². The van der Waals surface area contributed by atoms with Crippen molar-refractivity contribution in [3.8, 4) is 23.0 Å². The molecule has 152 valence electrons. The molecule has 0 saturated carbocycles. The molecule has 0 aliphatic rings. The summed E-state index contributed by atoms with van der Waals surface area (Å²) in [5.74, 6) is 0.599. The molecule has 0 atom stereocenters. The number of methoxy groups -OCH3 is 1. The van der Waals surface area contributed by atoms with Gasteiger partial charge in [0.05, 0.1) is 24.1 Å². The van der Waals surface area contributed by atoms with Gasteiger partial charge in [0.25, 0.3) is 5.91 Å². The van der Waals surface area contributed by atoms with E-state index in [2.05, 4.69) is 43.2 Å². The molecule has 4 aromatic rings. The summed E-state index contributed by atoms with van der Waals surface area (Å²) in [5, 5.41) is 11.7. The lowest BCUT2D eigenvalue weighted by molar-refractivity contribution is 0.102. The first-order chi connectivity index (χ1) is 14.5. The van der Waals surface area contributed by atoms with Crippen molar-refractivity contribution in [1.82, 2.24) is 24.4 Å². The van der Waals surface area contributed by atoms with E-state index < -0.39 is 0 Å². The number of carbonyl (C=O) groups is 1. The van der Waals surface area contributed by atoms with Crippen LogP contribution in [-0.2, 0) is 0 Å². The zero-order valence-electron chi connectivity index (χ0n) is 17.0. The van der Waals surface area contributed by atoms with Gasteiger partial charge in [0.2, 0.25) is 5.13 Å². The smallest absolute Gasteiger partial charge is 0.261 e. The molecule has 2 heterocycles. The predicted octanol–water partition coefficient (Wildman–Crippen LogP) is 3.97. The number of nitrogens with one attached hydrogen (secondary N) is 1. The Kier molecular flexibility index (Phi) is 5.28. The Balaban J connectivity index is 1.60. The largest absolute Gasteiger partial charge is 0.496 e. The van der Waals surface area contributed by atoms with Crippen LogP contribution in [0.15, 0.2) is 42.5 Å². The van der Waals surface area contributed by atoms with Gasteiger partial charge in [-0.3, -0.25) is 10.1 Å². The minimum atomic E-state index is -0.314. The minimum Gasteiger partial charge on any atom is -0.496 e. The van der Waals surface area contributed by atoms with Crippen molar-refractivity contribution in [2.75, 3.05) is 12.4 Å². The lowest BCUT2D eigenvalue weighted by Crippen LogP contribution is -2.12. The first-order valence-corrected chi connectivity index (χ1v) is 10.0.